The molecule has 1 aliphatic carbocycles. The molecular formula is C15H26N2O. The number of hydrogen-bond donors (Lipinski definition) is 1. The molecule has 1 aliphatic rings. The first-order valence-corrected chi connectivity index (χ1v) is 7.16. The van der Waals surface area contributed by atoms with E-state index >= 15 is 0 Å². The first-order valence-electron chi connectivity index (χ1n) is 7.16. The molecule has 0 radical (unpaired) electrons. The van der Waals surface area contributed by atoms with Crippen molar-refractivity contribution < 1.29 is 4.74 Å². The lowest BCUT2D eigenvalue weighted by atomic mass is 10.2. The Morgan fingerprint density at radius 3 is 2.78 bits per heavy atom. The van der Waals surface area contributed by atoms with Gasteiger partial charge in [0.1, 0.15) is 0 Å². The van der Waals surface area contributed by atoms with Crippen molar-refractivity contribution in [3.63, 3.8) is 0 Å². The van der Waals surface area contributed by atoms with Crippen LogP contribution in [0.15, 0.2) is 6.07 Å². The normalized spacial score (nSPS) is 15.3. The van der Waals surface area contributed by atoms with Gasteiger partial charge in [-0.1, -0.05) is 0 Å². The molecule has 2 rings (SSSR count). The lowest BCUT2D eigenvalue weighted by Gasteiger charge is -2.07. The second-order valence-electron chi connectivity index (χ2n) is 5.34. The molecular weight excluding hydrogens is 224 g/mol. The number of rotatable bonds is 8. The summed E-state index contributed by atoms with van der Waals surface area (Å²) in [6, 6.07) is 2.29. The molecule has 102 valence electrons. The monoisotopic (exact) mass is 250 g/mol. The third-order valence-electron chi connectivity index (χ3n) is 3.78. The van der Waals surface area contributed by atoms with Crippen LogP contribution < -0.4 is 5.32 Å². The highest BCUT2D eigenvalue weighted by Crippen LogP contribution is 2.28. The van der Waals surface area contributed by atoms with E-state index in [-0.39, 0.29) is 0 Å². The summed E-state index contributed by atoms with van der Waals surface area (Å²) in [7, 11) is 0. The van der Waals surface area contributed by atoms with Gasteiger partial charge >= 0.3 is 0 Å². The average molecular weight is 250 g/mol. The standard InChI is InChI=1S/C15H26N2O/c1-4-17-12(2)9-15(13(17)3)10-16-7-8-18-11-14-5-6-14/h9,14,16H,4-8,10-11H2,1-3H3. The SMILES string of the molecule is CCn1c(C)cc(CNCCOCC2CC2)c1C. The summed E-state index contributed by atoms with van der Waals surface area (Å²) >= 11 is 0. The van der Waals surface area contributed by atoms with Crippen LogP contribution in [0.4, 0.5) is 0 Å². The molecule has 0 saturated heterocycles. The predicted molar refractivity (Wildman–Crippen MR) is 74.8 cm³/mol. The third-order valence-corrected chi connectivity index (χ3v) is 3.78. The summed E-state index contributed by atoms with van der Waals surface area (Å²) in [6.45, 7) is 11.3. The molecule has 18 heavy (non-hydrogen) atoms. The highest BCUT2D eigenvalue weighted by molar-refractivity contribution is 5.26. The number of nitrogens with one attached hydrogen (secondary N) is 1. The van der Waals surface area contributed by atoms with E-state index in [1.165, 1.54) is 29.8 Å². The number of aromatic nitrogens is 1. The number of nitrogens with zero attached hydrogens (tertiary/aromatic N) is 1. The van der Waals surface area contributed by atoms with Crippen molar-refractivity contribution >= 4 is 0 Å². The van der Waals surface area contributed by atoms with E-state index in [1.807, 2.05) is 0 Å². The molecule has 3 heteroatoms. The molecule has 0 aliphatic heterocycles. The Morgan fingerprint density at radius 2 is 2.17 bits per heavy atom. The van der Waals surface area contributed by atoms with Gasteiger partial charge in [0.15, 0.2) is 0 Å². The van der Waals surface area contributed by atoms with E-state index < -0.39 is 0 Å². The lowest BCUT2D eigenvalue weighted by Crippen LogP contribution is -2.20. The Morgan fingerprint density at radius 1 is 1.39 bits per heavy atom. The molecule has 0 unspecified atom stereocenters. The van der Waals surface area contributed by atoms with Gasteiger partial charge < -0.3 is 14.6 Å². The smallest absolute Gasteiger partial charge is 0.0591 e. The van der Waals surface area contributed by atoms with Gasteiger partial charge in [0.05, 0.1) is 6.61 Å². The van der Waals surface area contributed by atoms with E-state index in [9.17, 15) is 0 Å². The molecule has 1 N–H and O–H groups in total. The van der Waals surface area contributed by atoms with Gasteiger partial charge in [-0.3, -0.25) is 0 Å². The third kappa shape index (κ3) is 3.59. The van der Waals surface area contributed by atoms with Gasteiger partial charge in [0.2, 0.25) is 0 Å². The van der Waals surface area contributed by atoms with Crippen molar-refractivity contribution in [1.82, 2.24) is 9.88 Å². The Bertz CT molecular complexity index is 380. The fourth-order valence-electron chi connectivity index (χ4n) is 2.44. The van der Waals surface area contributed by atoms with Crippen LogP contribution in [-0.4, -0.2) is 24.3 Å². The van der Waals surface area contributed by atoms with E-state index in [4.69, 9.17) is 4.74 Å². The molecule has 1 saturated carbocycles. The van der Waals surface area contributed by atoms with Gasteiger partial charge in [0.25, 0.3) is 0 Å². The number of hydrogen-bond acceptors (Lipinski definition) is 2. The molecule has 1 aromatic rings. The van der Waals surface area contributed by atoms with Gasteiger partial charge in [-0.05, 0) is 51.2 Å². The average Bonchev–Trinajstić information content (AvgIpc) is 3.12. The summed E-state index contributed by atoms with van der Waals surface area (Å²) < 4.78 is 7.97. The van der Waals surface area contributed by atoms with Crippen LogP contribution in [0.3, 0.4) is 0 Å². The molecule has 0 spiro atoms. The Kier molecular flexibility index (Phi) is 4.84. The van der Waals surface area contributed by atoms with Crippen molar-refractivity contribution in [2.45, 2.75) is 46.7 Å². The predicted octanol–water partition coefficient (Wildman–Crippen LogP) is 2.64. The summed E-state index contributed by atoms with van der Waals surface area (Å²) in [4.78, 5) is 0. The van der Waals surface area contributed by atoms with E-state index in [0.717, 1.165) is 38.8 Å². The topological polar surface area (TPSA) is 26.2 Å². The van der Waals surface area contributed by atoms with Crippen LogP contribution >= 0.6 is 0 Å². The van der Waals surface area contributed by atoms with Crippen LogP contribution in [0.5, 0.6) is 0 Å². The first-order chi connectivity index (χ1) is 8.72. The quantitative estimate of drug-likeness (QED) is 0.718. The van der Waals surface area contributed by atoms with Crippen molar-refractivity contribution in [2.75, 3.05) is 19.8 Å². The maximum atomic E-state index is 5.61. The van der Waals surface area contributed by atoms with Gasteiger partial charge in [0, 0.05) is 37.6 Å². The van der Waals surface area contributed by atoms with Gasteiger partial charge in [-0.25, -0.2) is 0 Å². The molecule has 1 aromatic heterocycles. The lowest BCUT2D eigenvalue weighted by molar-refractivity contribution is 0.126. The number of ether oxygens (including phenoxy) is 1. The fourth-order valence-corrected chi connectivity index (χ4v) is 2.44. The minimum Gasteiger partial charge on any atom is -0.380 e. The summed E-state index contributed by atoms with van der Waals surface area (Å²) in [5.74, 6) is 0.869. The Balaban J connectivity index is 1.66. The largest absolute Gasteiger partial charge is 0.380 e. The van der Waals surface area contributed by atoms with Crippen molar-refractivity contribution in [2.24, 2.45) is 5.92 Å². The maximum absolute atomic E-state index is 5.61. The first kappa shape index (κ1) is 13.6. The zero-order valence-electron chi connectivity index (χ0n) is 12.0. The van der Waals surface area contributed by atoms with Crippen LogP contribution in [0.1, 0.15) is 36.7 Å². The summed E-state index contributed by atoms with van der Waals surface area (Å²) in [5.41, 5.74) is 4.16. The fraction of sp³-hybridized carbons (Fsp3) is 0.733. The van der Waals surface area contributed by atoms with Crippen LogP contribution in [-0.2, 0) is 17.8 Å². The minimum atomic E-state index is 0.836. The van der Waals surface area contributed by atoms with E-state index in [0.29, 0.717) is 0 Å². The molecule has 0 bridgehead atoms. The van der Waals surface area contributed by atoms with Crippen LogP contribution in [0.2, 0.25) is 0 Å². The second kappa shape index (κ2) is 6.39. The molecule has 1 fully saturated rings. The molecule has 1 heterocycles. The highest BCUT2D eigenvalue weighted by atomic mass is 16.5. The van der Waals surface area contributed by atoms with Crippen molar-refractivity contribution in [3.05, 3.63) is 23.0 Å². The van der Waals surface area contributed by atoms with Crippen LogP contribution in [0.25, 0.3) is 0 Å². The molecule has 3 nitrogen and oxygen atoms in total. The van der Waals surface area contributed by atoms with E-state index in [2.05, 4.69) is 36.7 Å². The molecule has 0 amide bonds. The summed E-state index contributed by atoms with van der Waals surface area (Å²) in [5, 5.41) is 3.46. The highest BCUT2D eigenvalue weighted by Gasteiger charge is 2.20. The second-order valence-corrected chi connectivity index (χ2v) is 5.34. The Hall–Kier alpha value is -0.800. The zero-order chi connectivity index (χ0) is 13.0. The number of aryl methyl sites for hydroxylation is 1. The summed E-state index contributed by atoms with van der Waals surface area (Å²) in [6.07, 6.45) is 2.74. The van der Waals surface area contributed by atoms with Gasteiger partial charge in [-0.2, -0.15) is 0 Å². The van der Waals surface area contributed by atoms with Crippen molar-refractivity contribution in [1.29, 1.82) is 0 Å². The van der Waals surface area contributed by atoms with E-state index in [1.54, 1.807) is 0 Å². The maximum Gasteiger partial charge on any atom is 0.0591 e. The Labute approximate surface area is 111 Å². The van der Waals surface area contributed by atoms with Crippen LogP contribution in [0, 0.1) is 19.8 Å². The molecule has 0 aromatic carbocycles. The minimum absolute atomic E-state index is 0.836. The molecule has 0 atom stereocenters. The van der Waals surface area contributed by atoms with Crippen molar-refractivity contribution in [3.8, 4) is 0 Å². The van der Waals surface area contributed by atoms with Gasteiger partial charge in [-0.15, -0.1) is 0 Å². The zero-order valence-corrected chi connectivity index (χ0v) is 12.0.